The molecule has 0 saturated heterocycles. The van der Waals surface area contributed by atoms with Crippen molar-refractivity contribution >= 4 is 17.8 Å². The molecule has 0 saturated carbocycles. The lowest BCUT2D eigenvalue weighted by atomic mass is 10.1. The predicted octanol–water partition coefficient (Wildman–Crippen LogP) is 4.68. The molecule has 6 nitrogen and oxygen atoms in total. The number of benzene rings is 3. The maximum atomic E-state index is 13.8. The standard InChI is InChI=1S/C24H17FO6/c1-28-15-8-10-20(29-2)14(11-15)12-22-23(26)18-9-7-16(13-21(18)31-22)30-24(27)17-5-3-4-6-19(17)25/h3-13H,1-2H3/b22-12-. The number of rotatable bonds is 5. The lowest BCUT2D eigenvalue weighted by Crippen LogP contribution is -2.10. The van der Waals surface area contributed by atoms with E-state index in [0.717, 1.165) is 0 Å². The molecule has 0 fully saturated rings. The highest BCUT2D eigenvalue weighted by molar-refractivity contribution is 6.14. The van der Waals surface area contributed by atoms with Gasteiger partial charge in [0.2, 0.25) is 5.78 Å². The zero-order valence-electron chi connectivity index (χ0n) is 16.7. The summed E-state index contributed by atoms with van der Waals surface area (Å²) in [7, 11) is 3.06. The van der Waals surface area contributed by atoms with E-state index in [9.17, 15) is 14.0 Å². The molecule has 0 atom stereocenters. The van der Waals surface area contributed by atoms with Gasteiger partial charge in [-0.25, -0.2) is 9.18 Å². The van der Waals surface area contributed by atoms with Gasteiger partial charge in [0, 0.05) is 11.6 Å². The van der Waals surface area contributed by atoms with E-state index in [2.05, 4.69) is 0 Å². The number of carbonyl (C=O) groups excluding carboxylic acids is 2. The van der Waals surface area contributed by atoms with Crippen LogP contribution in [0.2, 0.25) is 0 Å². The molecule has 3 aromatic rings. The number of hydrogen-bond donors (Lipinski definition) is 0. The van der Waals surface area contributed by atoms with E-state index in [1.165, 1.54) is 56.7 Å². The van der Waals surface area contributed by atoms with Crippen molar-refractivity contribution in [2.45, 2.75) is 0 Å². The van der Waals surface area contributed by atoms with Crippen molar-refractivity contribution in [3.05, 3.63) is 88.9 Å². The van der Waals surface area contributed by atoms with Crippen LogP contribution in [0, 0.1) is 5.82 Å². The van der Waals surface area contributed by atoms with Crippen LogP contribution in [0.25, 0.3) is 6.08 Å². The Morgan fingerprint density at radius 3 is 2.48 bits per heavy atom. The van der Waals surface area contributed by atoms with Crippen LogP contribution >= 0.6 is 0 Å². The third kappa shape index (κ3) is 3.98. The van der Waals surface area contributed by atoms with Crippen molar-refractivity contribution in [2.75, 3.05) is 14.2 Å². The Balaban J connectivity index is 1.60. The van der Waals surface area contributed by atoms with Gasteiger partial charge in [-0.2, -0.15) is 0 Å². The van der Waals surface area contributed by atoms with Gasteiger partial charge in [0.05, 0.1) is 25.3 Å². The van der Waals surface area contributed by atoms with E-state index >= 15 is 0 Å². The molecule has 1 aliphatic rings. The fraction of sp³-hybridized carbons (Fsp3) is 0.0833. The van der Waals surface area contributed by atoms with Crippen molar-refractivity contribution in [1.82, 2.24) is 0 Å². The zero-order chi connectivity index (χ0) is 22.0. The molecular formula is C24H17FO6. The lowest BCUT2D eigenvalue weighted by Gasteiger charge is -2.08. The first-order chi connectivity index (χ1) is 15.0. The van der Waals surface area contributed by atoms with Crippen molar-refractivity contribution < 1.29 is 32.9 Å². The zero-order valence-corrected chi connectivity index (χ0v) is 16.7. The average molecular weight is 420 g/mol. The van der Waals surface area contributed by atoms with Gasteiger partial charge in [-0.1, -0.05) is 12.1 Å². The number of ketones is 1. The summed E-state index contributed by atoms with van der Waals surface area (Å²) < 4.78 is 35.3. The van der Waals surface area contributed by atoms with Gasteiger partial charge in [0.25, 0.3) is 0 Å². The molecule has 3 aromatic carbocycles. The first kappa shape index (κ1) is 20.2. The van der Waals surface area contributed by atoms with Gasteiger partial charge in [-0.05, 0) is 48.5 Å². The summed E-state index contributed by atoms with van der Waals surface area (Å²) in [5, 5.41) is 0. The van der Waals surface area contributed by atoms with Gasteiger partial charge in [-0.3, -0.25) is 4.79 Å². The first-order valence-electron chi connectivity index (χ1n) is 9.27. The number of fused-ring (bicyclic) bond motifs is 1. The molecular weight excluding hydrogens is 403 g/mol. The Bertz CT molecular complexity index is 1210. The Morgan fingerprint density at radius 1 is 0.968 bits per heavy atom. The van der Waals surface area contributed by atoms with Crippen molar-refractivity contribution in [2.24, 2.45) is 0 Å². The summed E-state index contributed by atoms with van der Waals surface area (Å²) in [4.78, 5) is 25.0. The Labute approximate surface area is 177 Å². The summed E-state index contributed by atoms with van der Waals surface area (Å²) in [5.74, 6) is -0.280. The maximum absolute atomic E-state index is 13.8. The minimum absolute atomic E-state index is 0.0825. The summed E-state index contributed by atoms with van der Waals surface area (Å²) >= 11 is 0. The second-order valence-electron chi connectivity index (χ2n) is 6.57. The Kier molecular flexibility index (Phi) is 5.41. The van der Waals surface area contributed by atoms with E-state index in [1.807, 2.05) is 0 Å². The molecule has 1 aliphatic heterocycles. The van der Waals surface area contributed by atoms with E-state index in [0.29, 0.717) is 22.6 Å². The third-order valence-electron chi connectivity index (χ3n) is 4.67. The number of allylic oxidation sites excluding steroid dienone is 1. The van der Waals surface area contributed by atoms with Crippen LogP contribution in [0.1, 0.15) is 26.3 Å². The molecule has 31 heavy (non-hydrogen) atoms. The van der Waals surface area contributed by atoms with Crippen LogP contribution in [-0.2, 0) is 0 Å². The van der Waals surface area contributed by atoms with E-state index in [4.69, 9.17) is 18.9 Å². The number of hydrogen-bond acceptors (Lipinski definition) is 6. The van der Waals surface area contributed by atoms with Crippen LogP contribution in [0.4, 0.5) is 4.39 Å². The number of methoxy groups -OCH3 is 2. The Hall–Kier alpha value is -4.13. The van der Waals surface area contributed by atoms with Gasteiger partial charge in [0.1, 0.15) is 28.8 Å². The van der Waals surface area contributed by atoms with Crippen molar-refractivity contribution in [1.29, 1.82) is 0 Å². The molecule has 0 radical (unpaired) electrons. The van der Waals surface area contributed by atoms with Gasteiger partial charge in [0.15, 0.2) is 5.76 Å². The molecule has 0 aromatic heterocycles. The highest BCUT2D eigenvalue weighted by Gasteiger charge is 2.28. The molecule has 0 unspecified atom stereocenters. The normalized spacial score (nSPS) is 13.5. The Morgan fingerprint density at radius 2 is 1.74 bits per heavy atom. The quantitative estimate of drug-likeness (QED) is 0.339. The number of Topliss-reactive ketones (excluding diaryl/α,β-unsaturated/α-hetero) is 1. The van der Waals surface area contributed by atoms with E-state index in [-0.39, 0.29) is 28.6 Å². The van der Waals surface area contributed by atoms with Crippen LogP contribution < -0.4 is 18.9 Å². The summed E-state index contributed by atoms with van der Waals surface area (Å²) in [5.41, 5.74) is 0.730. The lowest BCUT2D eigenvalue weighted by molar-refractivity contribution is 0.0729. The number of ether oxygens (including phenoxy) is 4. The van der Waals surface area contributed by atoms with Gasteiger partial charge >= 0.3 is 5.97 Å². The first-order valence-corrected chi connectivity index (χ1v) is 9.27. The molecule has 0 bridgehead atoms. The van der Waals surface area contributed by atoms with E-state index in [1.54, 1.807) is 24.3 Å². The van der Waals surface area contributed by atoms with Crippen LogP contribution in [0.15, 0.2) is 66.4 Å². The molecule has 0 aliphatic carbocycles. The minimum Gasteiger partial charge on any atom is -0.497 e. The SMILES string of the molecule is COc1ccc(OC)c(/C=C2\Oc3cc(OC(=O)c4ccccc4F)ccc3C2=O)c1. The highest BCUT2D eigenvalue weighted by Crippen LogP contribution is 2.36. The molecule has 156 valence electrons. The number of carbonyl (C=O) groups is 2. The molecule has 4 rings (SSSR count). The van der Waals surface area contributed by atoms with Crippen LogP contribution in [-0.4, -0.2) is 26.0 Å². The molecule has 0 spiro atoms. The second kappa shape index (κ2) is 8.31. The van der Waals surface area contributed by atoms with Crippen molar-refractivity contribution in [3.63, 3.8) is 0 Å². The topological polar surface area (TPSA) is 71.1 Å². The molecule has 1 heterocycles. The summed E-state index contributed by atoms with van der Waals surface area (Å²) in [6, 6.07) is 15.0. The van der Waals surface area contributed by atoms with Crippen molar-refractivity contribution in [3.8, 4) is 23.0 Å². The van der Waals surface area contributed by atoms with Crippen LogP contribution in [0.3, 0.4) is 0 Å². The molecule has 0 N–H and O–H groups in total. The fourth-order valence-electron chi connectivity index (χ4n) is 3.11. The van der Waals surface area contributed by atoms with E-state index < -0.39 is 11.8 Å². The van der Waals surface area contributed by atoms with Gasteiger partial charge in [-0.15, -0.1) is 0 Å². The predicted molar refractivity (Wildman–Crippen MR) is 110 cm³/mol. The monoisotopic (exact) mass is 420 g/mol. The second-order valence-corrected chi connectivity index (χ2v) is 6.57. The van der Waals surface area contributed by atoms with Gasteiger partial charge < -0.3 is 18.9 Å². The third-order valence-corrected chi connectivity index (χ3v) is 4.67. The molecule has 0 amide bonds. The largest absolute Gasteiger partial charge is 0.497 e. The maximum Gasteiger partial charge on any atom is 0.346 e. The fourth-order valence-corrected chi connectivity index (χ4v) is 3.11. The minimum atomic E-state index is -0.848. The summed E-state index contributed by atoms with van der Waals surface area (Å²) in [6.45, 7) is 0. The summed E-state index contributed by atoms with van der Waals surface area (Å²) in [6.07, 6.45) is 1.55. The molecule has 7 heteroatoms. The average Bonchev–Trinajstić information content (AvgIpc) is 3.08. The van der Waals surface area contributed by atoms with Crippen LogP contribution in [0.5, 0.6) is 23.0 Å². The smallest absolute Gasteiger partial charge is 0.346 e. The number of esters is 1. The number of halogens is 1. The highest BCUT2D eigenvalue weighted by atomic mass is 19.1.